The lowest BCUT2D eigenvalue weighted by atomic mass is 9.75. The van der Waals surface area contributed by atoms with E-state index < -0.39 is 47.1 Å². The molecular formula is C33H47N3O8. The Morgan fingerprint density at radius 2 is 1.75 bits per heavy atom. The predicted molar refractivity (Wildman–Crippen MR) is 163 cm³/mol. The van der Waals surface area contributed by atoms with E-state index in [0.717, 1.165) is 22.3 Å². The van der Waals surface area contributed by atoms with Crippen LogP contribution in [0.25, 0.3) is 0 Å². The molecular weight excluding hydrogens is 566 g/mol. The molecule has 0 spiro atoms. The summed E-state index contributed by atoms with van der Waals surface area (Å²) in [6.07, 6.45) is -3.05. The van der Waals surface area contributed by atoms with E-state index in [-0.39, 0.29) is 18.9 Å². The molecule has 242 valence electrons. The molecule has 2 aromatic carbocycles. The van der Waals surface area contributed by atoms with Crippen LogP contribution in [-0.4, -0.2) is 100 Å². The second-order valence-electron chi connectivity index (χ2n) is 13.0. The molecule has 0 aromatic heterocycles. The van der Waals surface area contributed by atoms with Crippen LogP contribution in [0.3, 0.4) is 0 Å². The zero-order chi connectivity index (χ0) is 32.4. The Bertz CT molecular complexity index is 1330. The van der Waals surface area contributed by atoms with Gasteiger partial charge in [0.15, 0.2) is 5.60 Å². The maximum Gasteiger partial charge on any atom is 0.225 e. The highest BCUT2D eigenvalue weighted by atomic mass is 16.8. The van der Waals surface area contributed by atoms with Gasteiger partial charge in [0.1, 0.15) is 18.3 Å². The summed E-state index contributed by atoms with van der Waals surface area (Å²) in [7, 11) is 3.84. The third kappa shape index (κ3) is 6.84. The Morgan fingerprint density at radius 1 is 1.09 bits per heavy atom. The van der Waals surface area contributed by atoms with Crippen LogP contribution >= 0.6 is 0 Å². The minimum absolute atomic E-state index is 0.0625. The topological polar surface area (TPSA) is 175 Å². The van der Waals surface area contributed by atoms with Crippen LogP contribution in [0.2, 0.25) is 0 Å². The fourth-order valence-electron chi connectivity index (χ4n) is 6.01. The summed E-state index contributed by atoms with van der Waals surface area (Å²) in [5, 5.41) is 46.2. The SMILES string of the molecule is Cc1ccc([C@]23OC[C@](C(C)(C)O)(O2)[C@@H](O)[C@H](O)[C@H]3O)cc1Cc1ccc(CCC(CC(=O)NCCN(C)C)C(N)=O)cc1. The van der Waals surface area contributed by atoms with Crippen molar-refractivity contribution >= 4 is 11.8 Å². The number of hydrogen-bond acceptors (Lipinski definition) is 9. The van der Waals surface area contributed by atoms with Gasteiger partial charge in [-0.2, -0.15) is 0 Å². The van der Waals surface area contributed by atoms with Crippen molar-refractivity contribution in [2.75, 3.05) is 33.8 Å². The molecule has 11 heteroatoms. The van der Waals surface area contributed by atoms with Crippen molar-refractivity contribution in [3.05, 3.63) is 70.3 Å². The number of nitrogens with two attached hydrogens (primary N) is 1. The van der Waals surface area contributed by atoms with Gasteiger partial charge in [-0.3, -0.25) is 9.59 Å². The smallest absolute Gasteiger partial charge is 0.225 e. The first kappa shape index (κ1) is 34.0. The number of hydrogen-bond donors (Lipinski definition) is 6. The number of carbonyl (C=O) groups excluding carboxylic acids is 2. The van der Waals surface area contributed by atoms with Gasteiger partial charge in [0.05, 0.1) is 12.2 Å². The number of primary amides is 1. The van der Waals surface area contributed by atoms with Gasteiger partial charge < -0.3 is 45.9 Å². The molecule has 2 bridgehead atoms. The Labute approximate surface area is 259 Å². The van der Waals surface area contributed by atoms with Crippen molar-refractivity contribution in [3.8, 4) is 0 Å². The average Bonchev–Trinajstić information content (AvgIpc) is 3.36. The normalized spacial score (nSPS) is 27.4. The number of carbonyl (C=O) groups is 2. The molecule has 7 N–H and O–H groups in total. The highest BCUT2D eigenvalue weighted by Crippen LogP contribution is 2.53. The number of amides is 2. The second-order valence-corrected chi connectivity index (χ2v) is 13.0. The van der Waals surface area contributed by atoms with Gasteiger partial charge in [-0.05, 0) is 82.4 Å². The standard InChI is InChI=1S/C33H47N3O8/c1-20-6-13-25(33-29(40)27(38)28(39)32(44-33,19-43-33)31(2,3)42)17-24(20)16-22-9-7-21(8-10-22)11-12-23(30(34)41)18-26(37)35-14-15-36(4)5/h6-10,13,17,23,27-29,38-40,42H,11-12,14-16,18-19H2,1-5H3,(H2,34,41)(H,35,37)/t23?,27-,28-,29+,32-,33-/m0/s1. The fraction of sp³-hybridized carbons (Fsp3) is 0.576. The second kappa shape index (κ2) is 13.2. The van der Waals surface area contributed by atoms with Crippen LogP contribution in [0.15, 0.2) is 42.5 Å². The van der Waals surface area contributed by atoms with Gasteiger partial charge >= 0.3 is 0 Å². The maximum atomic E-state index is 12.3. The van der Waals surface area contributed by atoms with E-state index in [1.54, 1.807) is 6.07 Å². The molecule has 2 heterocycles. The van der Waals surface area contributed by atoms with Gasteiger partial charge in [0.2, 0.25) is 17.6 Å². The molecule has 6 atom stereocenters. The summed E-state index contributed by atoms with van der Waals surface area (Å²) in [6, 6.07) is 13.5. The lowest BCUT2D eigenvalue weighted by molar-refractivity contribution is -0.348. The van der Waals surface area contributed by atoms with E-state index in [1.165, 1.54) is 13.8 Å². The number of nitrogens with zero attached hydrogens (tertiary/aromatic N) is 1. The monoisotopic (exact) mass is 613 g/mol. The molecule has 0 aliphatic carbocycles. The number of nitrogens with one attached hydrogen (secondary N) is 1. The van der Waals surface area contributed by atoms with Crippen LogP contribution in [0.5, 0.6) is 0 Å². The summed E-state index contributed by atoms with van der Waals surface area (Å²) in [5.74, 6) is -2.98. The van der Waals surface area contributed by atoms with Crippen LogP contribution in [-0.2, 0) is 37.7 Å². The van der Waals surface area contributed by atoms with E-state index in [4.69, 9.17) is 15.2 Å². The molecule has 2 aliphatic rings. The largest absolute Gasteiger partial charge is 0.387 e. The van der Waals surface area contributed by atoms with Gasteiger partial charge in [-0.25, -0.2) is 0 Å². The number of aryl methyl sites for hydroxylation is 2. The highest BCUT2D eigenvalue weighted by Gasteiger charge is 2.71. The summed E-state index contributed by atoms with van der Waals surface area (Å²) >= 11 is 0. The van der Waals surface area contributed by atoms with Gasteiger partial charge in [-0.15, -0.1) is 0 Å². The zero-order valence-electron chi connectivity index (χ0n) is 26.2. The lowest BCUT2D eigenvalue weighted by Gasteiger charge is -2.50. The van der Waals surface area contributed by atoms with Gasteiger partial charge in [0, 0.05) is 31.0 Å². The molecule has 1 unspecified atom stereocenters. The van der Waals surface area contributed by atoms with Crippen molar-refractivity contribution in [2.45, 2.75) is 81.8 Å². The minimum atomic E-state index is -1.76. The predicted octanol–water partition coefficient (Wildman–Crippen LogP) is 0.493. The van der Waals surface area contributed by atoms with Crippen LogP contribution in [0.4, 0.5) is 0 Å². The zero-order valence-corrected chi connectivity index (χ0v) is 26.2. The van der Waals surface area contributed by atoms with Crippen molar-refractivity contribution < 1.29 is 39.5 Å². The fourth-order valence-corrected chi connectivity index (χ4v) is 6.01. The van der Waals surface area contributed by atoms with Crippen molar-refractivity contribution in [1.82, 2.24) is 10.2 Å². The van der Waals surface area contributed by atoms with E-state index in [1.807, 2.05) is 62.3 Å². The Morgan fingerprint density at radius 3 is 2.36 bits per heavy atom. The van der Waals surface area contributed by atoms with E-state index >= 15 is 0 Å². The molecule has 2 saturated heterocycles. The average molecular weight is 614 g/mol. The summed E-state index contributed by atoms with van der Waals surface area (Å²) in [6.45, 7) is 5.93. The first-order chi connectivity index (χ1) is 20.6. The van der Waals surface area contributed by atoms with Crippen molar-refractivity contribution in [1.29, 1.82) is 0 Å². The number of aliphatic hydroxyl groups is 4. The Hall–Kier alpha value is -2.90. The molecule has 2 aromatic rings. The lowest BCUT2D eigenvalue weighted by Crippen LogP contribution is -2.70. The number of likely N-dealkylation sites (N-methyl/N-ethyl adjacent to an activating group) is 1. The highest BCUT2D eigenvalue weighted by molar-refractivity contribution is 5.84. The van der Waals surface area contributed by atoms with Crippen molar-refractivity contribution in [2.24, 2.45) is 11.7 Å². The Kier molecular flexibility index (Phi) is 10.2. The van der Waals surface area contributed by atoms with Gasteiger partial charge in [0.25, 0.3) is 0 Å². The quantitative estimate of drug-likeness (QED) is 0.188. The third-order valence-electron chi connectivity index (χ3n) is 9.05. The molecule has 0 radical (unpaired) electrons. The number of aliphatic hydroxyl groups excluding tert-OH is 3. The minimum Gasteiger partial charge on any atom is -0.387 e. The summed E-state index contributed by atoms with van der Waals surface area (Å²) in [4.78, 5) is 26.2. The number of fused-ring (bicyclic) bond motifs is 2. The molecule has 11 nitrogen and oxygen atoms in total. The molecule has 4 rings (SSSR count). The van der Waals surface area contributed by atoms with E-state index in [2.05, 4.69) is 5.32 Å². The van der Waals surface area contributed by atoms with Crippen LogP contribution < -0.4 is 11.1 Å². The van der Waals surface area contributed by atoms with E-state index in [0.29, 0.717) is 37.9 Å². The summed E-state index contributed by atoms with van der Waals surface area (Å²) < 4.78 is 12.2. The molecule has 2 amide bonds. The molecule has 2 fully saturated rings. The first-order valence-corrected chi connectivity index (χ1v) is 15.1. The van der Waals surface area contributed by atoms with Gasteiger partial charge in [-0.1, -0.05) is 36.4 Å². The molecule has 2 aliphatic heterocycles. The number of ether oxygens (including phenoxy) is 2. The molecule has 44 heavy (non-hydrogen) atoms. The number of rotatable bonds is 13. The number of benzene rings is 2. The first-order valence-electron chi connectivity index (χ1n) is 15.1. The van der Waals surface area contributed by atoms with E-state index in [9.17, 15) is 30.0 Å². The summed E-state index contributed by atoms with van der Waals surface area (Å²) in [5.41, 5.74) is 6.86. The maximum absolute atomic E-state index is 12.3. The molecule has 0 saturated carbocycles. The Balaban J connectivity index is 1.44. The van der Waals surface area contributed by atoms with Crippen molar-refractivity contribution in [3.63, 3.8) is 0 Å². The third-order valence-corrected chi connectivity index (χ3v) is 9.05. The van der Waals surface area contributed by atoms with Crippen LogP contribution in [0.1, 0.15) is 54.5 Å². The van der Waals surface area contributed by atoms with Crippen LogP contribution in [0, 0.1) is 12.8 Å².